The topological polar surface area (TPSA) is 70.6 Å². The van der Waals surface area contributed by atoms with Crippen molar-refractivity contribution in [3.63, 3.8) is 0 Å². The summed E-state index contributed by atoms with van der Waals surface area (Å²) in [4.78, 5) is 0. The van der Waals surface area contributed by atoms with E-state index >= 15 is 0 Å². The molecule has 4 N–H and O–H groups in total. The van der Waals surface area contributed by atoms with E-state index in [1.807, 2.05) is 0 Å². The van der Waals surface area contributed by atoms with E-state index in [9.17, 15) is 0 Å². The van der Waals surface area contributed by atoms with Gasteiger partial charge in [0.25, 0.3) is 0 Å². The minimum absolute atomic E-state index is 0.315. The molecule has 1 aliphatic carbocycles. The van der Waals surface area contributed by atoms with Crippen molar-refractivity contribution in [1.29, 1.82) is 0 Å². The van der Waals surface area contributed by atoms with E-state index in [1.54, 1.807) is 0 Å². The van der Waals surface area contributed by atoms with E-state index < -0.39 is 0 Å². The zero-order valence-electron chi connectivity index (χ0n) is 9.74. The second kappa shape index (κ2) is 5.95. The number of hydrogen-bond acceptors (Lipinski definition) is 3. The van der Waals surface area contributed by atoms with Gasteiger partial charge in [-0.15, -0.1) is 0 Å². The first-order chi connectivity index (χ1) is 7.17. The Kier molecular flexibility index (Phi) is 4.88. The standard InChI is InChI=1S/C11H23N3O/c1-3-10(7-11(12)14-15)13-8(2)9-5-4-6-9/h8-10,13,15H,3-7H2,1-2H3,(H2,12,14). The van der Waals surface area contributed by atoms with Crippen molar-refractivity contribution in [2.75, 3.05) is 0 Å². The van der Waals surface area contributed by atoms with Gasteiger partial charge in [0.05, 0.1) is 0 Å². The molecular formula is C11H23N3O. The molecule has 1 fully saturated rings. The second-order valence-electron chi connectivity index (χ2n) is 4.55. The van der Waals surface area contributed by atoms with Crippen LogP contribution in [0.5, 0.6) is 0 Å². The normalized spacial score (nSPS) is 22.1. The number of rotatable bonds is 6. The Bertz CT molecular complexity index is 214. The molecule has 2 unspecified atom stereocenters. The maximum Gasteiger partial charge on any atom is 0.140 e. The first kappa shape index (κ1) is 12.3. The Balaban J connectivity index is 2.31. The molecule has 0 aromatic rings. The molecule has 88 valence electrons. The molecule has 15 heavy (non-hydrogen) atoms. The van der Waals surface area contributed by atoms with E-state index in [1.165, 1.54) is 19.3 Å². The molecule has 0 aromatic carbocycles. The van der Waals surface area contributed by atoms with Gasteiger partial charge in [0.2, 0.25) is 0 Å². The van der Waals surface area contributed by atoms with Crippen molar-refractivity contribution in [1.82, 2.24) is 5.32 Å². The number of nitrogens with one attached hydrogen (secondary N) is 1. The highest BCUT2D eigenvalue weighted by atomic mass is 16.4. The minimum Gasteiger partial charge on any atom is -0.409 e. The van der Waals surface area contributed by atoms with Crippen molar-refractivity contribution in [3.8, 4) is 0 Å². The molecule has 1 aliphatic rings. The molecule has 0 radical (unpaired) electrons. The molecule has 1 saturated carbocycles. The quantitative estimate of drug-likeness (QED) is 0.272. The molecule has 4 nitrogen and oxygen atoms in total. The van der Waals surface area contributed by atoms with Gasteiger partial charge in [-0.25, -0.2) is 0 Å². The highest BCUT2D eigenvalue weighted by Gasteiger charge is 2.25. The number of hydrogen-bond donors (Lipinski definition) is 3. The summed E-state index contributed by atoms with van der Waals surface area (Å²) in [7, 11) is 0. The van der Waals surface area contributed by atoms with Crippen molar-refractivity contribution >= 4 is 5.84 Å². The van der Waals surface area contributed by atoms with Gasteiger partial charge in [-0.3, -0.25) is 0 Å². The summed E-state index contributed by atoms with van der Waals surface area (Å²) in [5, 5.41) is 15.1. The Labute approximate surface area is 91.9 Å². The van der Waals surface area contributed by atoms with Crippen molar-refractivity contribution in [2.24, 2.45) is 16.8 Å². The fourth-order valence-electron chi connectivity index (χ4n) is 2.06. The predicted octanol–water partition coefficient (Wildman–Crippen LogP) is 1.68. The first-order valence-corrected chi connectivity index (χ1v) is 5.89. The Morgan fingerprint density at radius 2 is 2.27 bits per heavy atom. The lowest BCUT2D eigenvalue weighted by molar-refractivity contribution is 0.225. The monoisotopic (exact) mass is 213 g/mol. The van der Waals surface area contributed by atoms with Crippen LogP contribution in [0.25, 0.3) is 0 Å². The summed E-state index contributed by atoms with van der Waals surface area (Å²) in [5.41, 5.74) is 5.51. The van der Waals surface area contributed by atoms with Crippen LogP contribution in [0.2, 0.25) is 0 Å². The fourth-order valence-corrected chi connectivity index (χ4v) is 2.06. The van der Waals surface area contributed by atoms with Crippen LogP contribution >= 0.6 is 0 Å². The Morgan fingerprint density at radius 3 is 2.67 bits per heavy atom. The summed E-state index contributed by atoms with van der Waals surface area (Å²) in [6, 6.07) is 0.881. The molecule has 4 heteroatoms. The maximum atomic E-state index is 8.52. The molecule has 2 atom stereocenters. The smallest absolute Gasteiger partial charge is 0.140 e. The number of nitrogens with zero attached hydrogens (tertiary/aromatic N) is 1. The number of nitrogens with two attached hydrogens (primary N) is 1. The van der Waals surface area contributed by atoms with Crippen LogP contribution in [0.4, 0.5) is 0 Å². The lowest BCUT2D eigenvalue weighted by Gasteiger charge is -2.34. The van der Waals surface area contributed by atoms with Crippen LogP contribution in [0.3, 0.4) is 0 Å². The Hall–Kier alpha value is -0.770. The van der Waals surface area contributed by atoms with Crippen molar-refractivity contribution in [3.05, 3.63) is 0 Å². The van der Waals surface area contributed by atoms with Crippen molar-refractivity contribution < 1.29 is 5.21 Å². The van der Waals surface area contributed by atoms with Gasteiger partial charge >= 0.3 is 0 Å². The van der Waals surface area contributed by atoms with Gasteiger partial charge in [-0.1, -0.05) is 18.5 Å². The molecule has 0 aliphatic heterocycles. The van der Waals surface area contributed by atoms with Crippen molar-refractivity contribution in [2.45, 2.75) is 58.0 Å². The van der Waals surface area contributed by atoms with Crippen LogP contribution in [0.1, 0.15) is 46.0 Å². The van der Waals surface area contributed by atoms with Crippen LogP contribution in [0, 0.1) is 5.92 Å². The van der Waals surface area contributed by atoms with Crippen LogP contribution < -0.4 is 11.1 Å². The van der Waals surface area contributed by atoms with Gasteiger partial charge < -0.3 is 16.3 Å². The molecule has 0 amide bonds. The zero-order valence-corrected chi connectivity index (χ0v) is 9.74. The minimum atomic E-state index is 0.315. The fraction of sp³-hybridized carbons (Fsp3) is 0.909. The molecule has 0 heterocycles. The predicted molar refractivity (Wildman–Crippen MR) is 62.0 cm³/mol. The first-order valence-electron chi connectivity index (χ1n) is 5.89. The van der Waals surface area contributed by atoms with Crippen LogP contribution in [-0.2, 0) is 0 Å². The SMILES string of the molecule is CCC(CC(N)=NO)NC(C)C1CCC1. The molecule has 1 rings (SSSR count). The lowest BCUT2D eigenvalue weighted by atomic mass is 9.80. The maximum absolute atomic E-state index is 8.52. The zero-order chi connectivity index (χ0) is 11.3. The van der Waals surface area contributed by atoms with Gasteiger partial charge in [0.1, 0.15) is 5.84 Å². The van der Waals surface area contributed by atoms with E-state index in [0.29, 0.717) is 24.3 Å². The number of oxime groups is 1. The van der Waals surface area contributed by atoms with E-state index in [4.69, 9.17) is 10.9 Å². The lowest BCUT2D eigenvalue weighted by Crippen LogP contribution is -2.44. The van der Waals surface area contributed by atoms with Crippen LogP contribution in [-0.4, -0.2) is 23.1 Å². The van der Waals surface area contributed by atoms with E-state index in [-0.39, 0.29) is 0 Å². The third-order valence-electron chi connectivity index (χ3n) is 3.43. The summed E-state index contributed by atoms with van der Waals surface area (Å²) in [6.45, 7) is 4.36. The molecule has 0 bridgehead atoms. The second-order valence-corrected chi connectivity index (χ2v) is 4.55. The number of amidine groups is 1. The summed E-state index contributed by atoms with van der Waals surface area (Å²) < 4.78 is 0. The third-order valence-corrected chi connectivity index (χ3v) is 3.43. The van der Waals surface area contributed by atoms with E-state index in [0.717, 1.165) is 12.3 Å². The molecule has 0 saturated heterocycles. The Morgan fingerprint density at radius 1 is 1.60 bits per heavy atom. The van der Waals surface area contributed by atoms with Gasteiger partial charge in [-0.2, -0.15) is 0 Å². The van der Waals surface area contributed by atoms with Crippen LogP contribution in [0.15, 0.2) is 5.16 Å². The average Bonchev–Trinajstić information content (AvgIpc) is 2.13. The van der Waals surface area contributed by atoms with E-state index in [2.05, 4.69) is 24.3 Å². The highest BCUT2D eigenvalue weighted by molar-refractivity contribution is 5.80. The van der Waals surface area contributed by atoms with Gasteiger partial charge in [0, 0.05) is 18.5 Å². The third kappa shape index (κ3) is 3.70. The molecular weight excluding hydrogens is 190 g/mol. The van der Waals surface area contributed by atoms with Gasteiger partial charge in [-0.05, 0) is 32.1 Å². The molecule has 0 aromatic heterocycles. The largest absolute Gasteiger partial charge is 0.409 e. The average molecular weight is 213 g/mol. The highest BCUT2D eigenvalue weighted by Crippen LogP contribution is 2.29. The summed E-state index contributed by atoms with van der Waals surface area (Å²) >= 11 is 0. The summed E-state index contributed by atoms with van der Waals surface area (Å²) in [5.74, 6) is 1.14. The van der Waals surface area contributed by atoms with Gasteiger partial charge in [0.15, 0.2) is 0 Å². The molecule has 0 spiro atoms. The summed E-state index contributed by atoms with van der Waals surface area (Å²) in [6.07, 6.45) is 5.69.